The van der Waals surface area contributed by atoms with Crippen LogP contribution in [0.5, 0.6) is 0 Å². The fraction of sp³-hybridized carbons (Fsp3) is 0.357. The molecule has 2 N–H and O–H groups in total. The number of aromatic nitrogens is 4. The minimum absolute atomic E-state index is 0.595. The second-order valence-corrected chi connectivity index (χ2v) is 5.92. The quantitative estimate of drug-likeness (QED) is 0.757. The Kier molecular flexibility index (Phi) is 3.64. The summed E-state index contributed by atoms with van der Waals surface area (Å²) in [7, 11) is 0. The molecule has 1 aromatic carbocycles. The number of aromatic amines is 1. The van der Waals surface area contributed by atoms with Crippen molar-refractivity contribution in [3.63, 3.8) is 0 Å². The molecule has 0 amide bonds. The van der Waals surface area contributed by atoms with Crippen LogP contribution in [0.25, 0.3) is 11.0 Å². The van der Waals surface area contributed by atoms with Gasteiger partial charge in [0.25, 0.3) is 0 Å². The summed E-state index contributed by atoms with van der Waals surface area (Å²) < 4.78 is 4.37. The van der Waals surface area contributed by atoms with Gasteiger partial charge in [0.05, 0.1) is 17.5 Å². The van der Waals surface area contributed by atoms with Gasteiger partial charge in [0.1, 0.15) is 5.82 Å². The predicted molar refractivity (Wildman–Crippen MR) is 82.1 cm³/mol. The van der Waals surface area contributed by atoms with Gasteiger partial charge in [0.2, 0.25) is 5.13 Å². The van der Waals surface area contributed by atoms with Gasteiger partial charge < -0.3 is 10.3 Å². The van der Waals surface area contributed by atoms with Gasteiger partial charge in [0.15, 0.2) is 5.82 Å². The Morgan fingerprint density at radius 2 is 2.10 bits per heavy atom. The number of fused-ring (bicyclic) bond motifs is 1. The van der Waals surface area contributed by atoms with Gasteiger partial charge in [-0.15, -0.1) is 0 Å². The average Bonchev–Trinajstić information content (AvgIpc) is 3.02. The number of hydrogen-bond donors (Lipinski definition) is 2. The van der Waals surface area contributed by atoms with Crippen molar-refractivity contribution >= 4 is 27.7 Å². The van der Waals surface area contributed by atoms with Crippen LogP contribution in [0.3, 0.4) is 0 Å². The molecule has 0 bridgehead atoms. The molecule has 2 heterocycles. The number of nitrogens with one attached hydrogen (secondary N) is 2. The van der Waals surface area contributed by atoms with E-state index in [1.54, 1.807) is 0 Å². The summed E-state index contributed by atoms with van der Waals surface area (Å²) in [5.41, 5.74) is 2.03. The van der Waals surface area contributed by atoms with Crippen LogP contribution in [-0.4, -0.2) is 25.9 Å². The third kappa shape index (κ3) is 2.96. The van der Waals surface area contributed by atoms with E-state index >= 15 is 0 Å². The molecule has 5 nitrogen and oxygen atoms in total. The molecule has 0 saturated carbocycles. The molecule has 3 aromatic rings. The number of hydrogen-bond acceptors (Lipinski definition) is 5. The number of benzene rings is 1. The smallest absolute Gasteiger partial charge is 0.202 e. The summed E-state index contributed by atoms with van der Waals surface area (Å²) in [5, 5.41) is 4.17. The van der Waals surface area contributed by atoms with Crippen molar-refractivity contribution in [2.45, 2.75) is 20.3 Å². The Labute approximate surface area is 121 Å². The van der Waals surface area contributed by atoms with Crippen LogP contribution >= 0.6 is 11.5 Å². The maximum Gasteiger partial charge on any atom is 0.202 e. The molecule has 0 unspecified atom stereocenters. The molecule has 0 aliphatic carbocycles. The Bertz CT molecular complexity index is 667. The monoisotopic (exact) mass is 287 g/mol. The summed E-state index contributed by atoms with van der Waals surface area (Å²) in [6, 6.07) is 8.01. The van der Waals surface area contributed by atoms with Crippen LogP contribution in [0.2, 0.25) is 0 Å². The highest BCUT2D eigenvalue weighted by Crippen LogP contribution is 2.16. The normalized spacial score (nSPS) is 11.3. The van der Waals surface area contributed by atoms with Gasteiger partial charge in [-0.1, -0.05) is 26.0 Å². The second kappa shape index (κ2) is 5.58. The highest BCUT2D eigenvalue weighted by atomic mass is 32.1. The molecule has 3 rings (SSSR count). The van der Waals surface area contributed by atoms with Crippen molar-refractivity contribution in [3.05, 3.63) is 35.9 Å². The number of imidazole rings is 1. The number of H-pyrrole nitrogens is 1. The number of para-hydroxylation sites is 2. The second-order valence-electron chi connectivity index (χ2n) is 5.17. The lowest BCUT2D eigenvalue weighted by atomic mass is 10.2. The SMILES string of the molecule is CC(C)CNc1nc(Cc2nc3ccccc3[nH]2)ns1. The Hall–Kier alpha value is -1.95. The molecule has 0 spiro atoms. The summed E-state index contributed by atoms with van der Waals surface area (Å²) >= 11 is 1.40. The third-order valence-corrected chi connectivity index (χ3v) is 3.60. The molecule has 0 fully saturated rings. The van der Waals surface area contributed by atoms with E-state index in [2.05, 4.69) is 38.5 Å². The van der Waals surface area contributed by atoms with Crippen LogP contribution in [0.1, 0.15) is 25.5 Å². The zero-order valence-electron chi connectivity index (χ0n) is 11.6. The third-order valence-electron chi connectivity index (χ3n) is 2.89. The molecule has 104 valence electrons. The highest BCUT2D eigenvalue weighted by molar-refractivity contribution is 7.09. The topological polar surface area (TPSA) is 66.5 Å². The minimum Gasteiger partial charge on any atom is -0.360 e. The zero-order chi connectivity index (χ0) is 13.9. The van der Waals surface area contributed by atoms with Crippen molar-refractivity contribution in [1.29, 1.82) is 0 Å². The van der Waals surface area contributed by atoms with Crippen LogP contribution in [0.15, 0.2) is 24.3 Å². The predicted octanol–water partition coefficient (Wildman–Crippen LogP) is 3.07. The molecular weight excluding hydrogens is 270 g/mol. The van der Waals surface area contributed by atoms with Crippen molar-refractivity contribution in [2.24, 2.45) is 5.92 Å². The zero-order valence-corrected chi connectivity index (χ0v) is 12.4. The lowest BCUT2D eigenvalue weighted by molar-refractivity contribution is 0.688. The molecular formula is C14H17N5S. The first-order chi connectivity index (χ1) is 9.70. The van der Waals surface area contributed by atoms with Gasteiger partial charge >= 0.3 is 0 Å². The van der Waals surface area contributed by atoms with Crippen molar-refractivity contribution in [2.75, 3.05) is 11.9 Å². The summed E-state index contributed by atoms with van der Waals surface area (Å²) in [4.78, 5) is 12.3. The average molecular weight is 287 g/mol. The van der Waals surface area contributed by atoms with Gasteiger partial charge in [-0.05, 0) is 18.1 Å². The first kappa shape index (κ1) is 13.1. The molecule has 2 aromatic heterocycles. The summed E-state index contributed by atoms with van der Waals surface area (Å²) in [6.07, 6.45) is 0.633. The Balaban J connectivity index is 1.71. The Morgan fingerprint density at radius 1 is 1.25 bits per heavy atom. The van der Waals surface area contributed by atoms with E-state index in [0.29, 0.717) is 12.3 Å². The van der Waals surface area contributed by atoms with E-state index < -0.39 is 0 Å². The molecule has 0 saturated heterocycles. The number of anilines is 1. The molecule has 0 aliphatic rings. The highest BCUT2D eigenvalue weighted by Gasteiger charge is 2.08. The lowest BCUT2D eigenvalue weighted by Crippen LogP contribution is -2.07. The van der Waals surface area contributed by atoms with Gasteiger partial charge in [-0.3, -0.25) is 0 Å². The van der Waals surface area contributed by atoms with Crippen LogP contribution in [0, 0.1) is 5.92 Å². The number of rotatable bonds is 5. The van der Waals surface area contributed by atoms with E-state index in [0.717, 1.165) is 34.4 Å². The maximum absolute atomic E-state index is 4.54. The van der Waals surface area contributed by atoms with E-state index in [9.17, 15) is 0 Å². The van der Waals surface area contributed by atoms with Crippen molar-refractivity contribution < 1.29 is 0 Å². The molecule has 20 heavy (non-hydrogen) atoms. The van der Waals surface area contributed by atoms with Gasteiger partial charge in [-0.25, -0.2) is 9.97 Å². The summed E-state index contributed by atoms with van der Waals surface area (Å²) in [5.74, 6) is 2.30. The first-order valence-corrected chi connectivity index (χ1v) is 7.48. The largest absolute Gasteiger partial charge is 0.360 e. The van der Waals surface area contributed by atoms with E-state index in [-0.39, 0.29) is 0 Å². The van der Waals surface area contributed by atoms with Gasteiger partial charge in [-0.2, -0.15) is 4.37 Å². The van der Waals surface area contributed by atoms with E-state index in [1.807, 2.05) is 24.3 Å². The standard InChI is InChI=1S/C14H17N5S/c1-9(2)8-15-14-18-13(19-20-14)7-12-16-10-5-3-4-6-11(10)17-12/h3-6,9H,7-8H2,1-2H3,(H,16,17)(H,15,18,19). The molecule has 6 heteroatoms. The van der Waals surface area contributed by atoms with Crippen molar-refractivity contribution in [3.8, 4) is 0 Å². The molecule has 0 aliphatic heterocycles. The van der Waals surface area contributed by atoms with E-state index in [1.165, 1.54) is 11.5 Å². The van der Waals surface area contributed by atoms with Crippen molar-refractivity contribution in [1.82, 2.24) is 19.3 Å². The lowest BCUT2D eigenvalue weighted by Gasteiger charge is -2.03. The van der Waals surface area contributed by atoms with Crippen LogP contribution in [0.4, 0.5) is 5.13 Å². The van der Waals surface area contributed by atoms with E-state index in [4.69, 9.17) is 0 Å². The maximum atomic E-state index is 4.54. The first-order valence-electron chi connectivity index (χ1n) is 6.71. The molecule has 0 radical (unpaired) electrons. The minimum atomic E-state index is 0.595. The summed E-state index contributed by atoms with van der Waals surface area (Å²) in [6.45, 7) is 5.26. The fourth-order valence-electron chi connectivity index (χ4n) is 1.93. The fourth-order valence-corrected chi connectivity index (χ4v) is 2.52. The molecule has 0 atom stereocenters. The van der Waals surface area contributed by atoms with Crippen LogP contribution < -0.4 is 5.32 Å². The number of nitrogens with zero attached hydrogens (tertiary/aromatic N) is 3. The van der Waals surface area contributed by atoms with Crippen LogP contribution in [-0.2, 0) is 6.42 Å². The van der Waals surface area contributed by atoms with Gasteiger partial charge in [0, 0.05) is 18.1 Å². The Morgan fingerprint density at radius 3 is 2.90 bits per heavy atom.